The largest absolute Gasteiger partial charge is 0.337 e. The minimum Gasteiger partial charge on any atom is -0.337 e. The van der Waals surface area contributed by atoms with Crippen molar-refractivity contribution in [2.24, 2.45) is 0 Å². The van der Waals surface area contributed by atoms with E-state index in [2.05, 4.69) is 25.8 Å². The summed E-state index contributed by atoms with van der Waals surface area (Å²) < 4.78 is 0. The number of benzene rings is 2. The third-order valence-corrected chi connectivity index (χ3v) is 5.38. The number of fused-ring (bicyclic) bond motifs is 1. The molecule has 164 valence electrons. The Balaban J connectivity index is 1.27. The minimum absolute atomic E-state index is 0.119. The van der Waals surface area contributed by atoms with Gasteiger partial charge in [0.1, 0.15) is 0 Å². The number of hydrogen-bond acceptors (Lipinski definition) is 5. The van der Waals surface area contributed by atoms with Gasteiger partial charge in [-0.1, -0.05) is 24.3 Å². The van der Waals surface area contributed by atoms with Crippen LogP contribution in [0.5, 0.6) is 0 Å². The molecule has 3 aromatic rings. The van der Waals surface area contributed by atoms with Crippen molar-refractivity contribution < 1.29 is 9.59 Å². The van der Waals surface area contributed by atoms with Crippen molar-refractivity contribution in [1.29, 1.82) is 0 Å². The molecule has 7 heteroatoms. The van der Waals surface area contributed by atoms with Crippen molar-refractivity contribution in [3.05, 3.63) is 78.0 Å². The second-order valence-corrected chi connectivity index (χ2v) is 7.68. The summed E-state index contributed by atoms with van der Waals surface area (Å²) in [5.41, 5.74) is 2.81. The SMILES string of the molecule is O=C(NCCN1CCNCC1)Nc1ccc(C(=O)C=Cc2ccc3ccccc3n2)cc1. The lowest BCUT2D eigenvalue weighted by Gasteiger charge is -2.27. The molecule has 3 N–H and O–H groups in total. The molecule has 0 radical (unpaired) electrons. The maximum absolute atomic E-state index is 12.5. The Morgan fingerprint density at radius 2 is 1.78 bits per heavy atom. The van der Waals surface area contributed by atoms with Gasteiger partial charge in [0.2, 0.25) is 0 Å². The predicted octanol–water partition coefficient (Wildman–Crippen LogP) is 3.16. The standard InChI is InChI=1S/C25H27N5O2/c31-24(12-11-21-8-5-19-3-1-2-4-23(19)28-21)20-6-9-22(10-7-20)29-25(32)27-15-18-30-16-13-26-14-17-30/h1-12,26H,13-18H2,(H2,27,29,32). The molecule has 1 saturated heterocycles. The molecule has 2 amide bonds. The number of amides is 2. The van der Waals surface area contributed by atoms with Crippen LogP contribution in [0.3, 0.4) is 0 Å². The Morgan fingerprint density at radius 1 is 1.00 bits per heavy atom. The van der Waals surface area contributed by atoms with Crippen molar-refractivity contribution in [2.75, 3.05) is 44.6 Å². The normalized spacial score (nSPS) is 14.5. The van der Waals surface area contributed by atoms with Crippen LogP contribution in [0.2, 0.25) is 0 Å². The predicted molar refractivity (Wildman–Crippen MR) is 128 cm³/mol. The molecule has 0 spiro atoms. The van der Waals surface area contributed by atoms with Crippen LogP contribution in [0.15, 0.2) is 66.7 Å². The third-order valence-electron chi connectivity index (χ3n) is 5.38. The van der Waals surface area contributed by atoms with Gasteiger partial charge in [-0.05, 0) is 48.6 Å². The number of para-hydroxylation sites is 1. The van der Waals surface area contributed by atoms with Crippen molar-refractivity contribution in [3.8, 4) is 0 Å². The zero-order valence-corrected chi connectivity index (χ0v) is 17.9. The number of piperazine rings is 1. The summed E-state index contributed by atoms with van der Waals surface area (Å²) in [6, 6.07) is 18.4. The van der Waals surface area contributed by atoms with E-state index in [1.165, 1.54) is 6.08 Å². The van der Waals surface area contributed by atoms with E-state index < -0.39 is 0 Å². The van der Waals surface area contributed by atoms with Gasteiger partial charge < -0.3 is 16.0 Å². The first-order chi connectivity index (χ1) is 15.7. The van der Waals surface area contributed by atoms with Gasteiger partial charge in [0.25, 0.3) is 0 Å². The topological polar surface area (TPSA) is 86.4 Å². The Morgan fingerprint density at radius 3 is 2.59 bits per heavy atom. The average Bonchev–Trinajstić information content (AvgIpc) is 2.83. The van der Waals surface area contributed by atoms with Gasteiger partial charge in [-0.3, -0.25) is 9.69 Å². The van der Waals surface area contributed by atoms with Gasteiger partial charge in [-0.15, -0.1) is 0 Å². The minimum atomic E-state index is -0.249. The van der Waals surface area contributed by atoms with Gasteiger partial charge in [-0.25, -0.2) is 9.78 Å². The van der Waals surface area contributed by atoms with E-state index >= 15 is 0 Å². The number of hydrogen-bond donors (Lipinski definition) is 3. The first kappa shape index (κ1) is 21.7. The first-order valence-electron chi connectivity index (χ1n) is 10.8. The lowest BCUT2D eigenvalue weighted by molar-refractivity contribution is 0.104. The van der Waals surface area contributed by atoms with Crippen LogP contribution in [0.1, 0.15) is 16.1 Å². The highest BCUT2D eigenvalue weighted by molar-refractivity contribution is 6.07. The molecule has 32 heavy (non-hydrogen) atoms. The zero-order chi connectivity index (χ0) is 22.2. The van der Waals surface area contributed by atoms with E-state index in [0.717, 1.165) is 49.3 Å². The van der Waals surface area contributed by atoms with E-state index in [0.29, 0.717) is 17.8 Å². The molecule has 7 nitrogen and oxygen atoms in total. The molecule has 4 rings (SSSR count). The van der Waals surface area contributed by atoms with Gasteiger partial charge >= 0.3 is 6.03 Å². The molecular formula is C25H27N5O2. The molecule has 1 fully saturated rings. The number of allylic oxidation sites excluding steroid dienone is 1. The monoisotopic (exact) mass is 429 g/mol. The van der Waals surface area contributed by atoms with Gasteiger partial charge in [0, 0.05) is 55.9 Å². The molecule has 0 saturated carbocycles. The third kappa shape index (κ3) is 6.00. The van der Waals surface area contributed by atoms with Crippen molar-refractivity contribution in [1.82, 2.24) is 20.5 Å². The quantitative estimate of drug-likeness (QED) is 0.397. The molecule has 0 unspecified atom stereocenters. The van der Waals surface area contributed by atoms with Crippen LogP contribution >= 0.6 is 0 Å². The summed E-state index contributed by atoms with van der Waals surface area (Å²) in [5.74, 6) is -0.119. The second kappa shape index (κ2) is 10.7. The van der Waals surface area contributed by atoms with E-state index in [1.807, 2.05) is 36.4 Å². The Labute approximate surface area is 187 Å². The smallest absolute Gasteiger partial charge is 0.319 e. The van der Waals surface area contributed by atoms with Crippen LogP contribution < -0.4 is 16.0 Å². The molecule has 2 heterocycles. The maximum Gasteiger partial charge on any atom is 0.319 e. The Hall–Kier alpha value is -3.55. The van der Waals surface area contributed by atoms with Crippen LogP contribution in [0, 0.1) is 0 Å². The summed E-state index contributed by atoms with van der Waals surface area (Å²) in [6.45, 7) is 5.42. The van der Waals surface area contributed by atoms with E-state index in [4.69, 9.17) is 0 Å². The molecule has 0 aliphatic carbocycles. The number of rotatable bonds is 7. The fourth-order valence-electron chi connectivity index (χ4n) is 3.59. The first-order valence-corrected chi connectivity index (χ1v) is 10.8. The summed E-state index contributed by atoms with van der Waals surface area (Å²) in [4.78, 5) is 31.4. The van der Waals surface area contributed by atoms with Crippen molar-refractivity contribution >= 4 is 34.5 Å². The number of pyridine rings is 1. The summed E-state index contributed by atoms with van der Waals surface area (Å²) >= 11 is 0. The maximum atomic E-state index is 12.5. The molecule has 1 aliphatic heterocycles. The van der Waals surface area contributed by atoms with Gasteiger partial charge in [0.15, 0.2) is 5.78 Å². The summed E-state index contributed by atoms with van der Waals surface area (Å²) in [7, 11) is 0. The number of nitrogens with one attached hydrogen (secondary N) is 3. The summed E-state index contributed by atoms with van der Waals surface area (Å²) in [5, 5.41) is 10.0. The van der Waals surface area contributed by atoms with Crippen LogP contribution in [0.25, 0.3) is 17.0 Å². The number of aromatic nitrogens is 1. The van der Waals surface area contributed by atoms with Crippen LogP contribution in [0.4, 0.5) is 10.5 Å². The number of carbonyl (C=O) groups is 2. The van der Waals surface area contributed by atoms with E-state index in [9.17, 15) is 9.59 Å². The number of urea groups is 1. The second-order valence-electron chi connectivity index (χ2n) is 7.68. The molecular weight excluding hydrogens is 402 g/mol. The number of carbonyl (C=O) groups excluding carboxylic acids is 2. The van der Waals surface area contributed by atoms with Crippen molar-refractivity contribution in [3.63, 3.8) is 0 Å². The Bertz CT molecular complexity index is 1100. The average molecular weight is 430 g/mol. The Kier molecular flexibility index (Phi) is 7.22. The number of anilines is 1. The molecule has 1 aliphatic rings. The molecule has 0 atom stereocenters. The zero-order valence-electron chi connectivity index (χ0n) is 17.9. The van der Waals surface area contributed by atoms with E-state index in [1.54, 1.807) is 30.3 Å². The summed E-state index contributed by atoms with van der Waals surface area (Å²) in [6.07, 6.45) is 3.23. The van der Waals surface area contributed by atoms with Crippen molar-refractivity contribution in [2.45, 2.75) is 0 Å². The molecule has 0 bridgehead atoms. The highest BCUT2D eigenvalue weighted by Crippen LogP contribution is 2.14. The lowest BCUT2D eigenvalue weighted by Crippen LogP contribution is -2.46. The highest BCUT2D eigenvalue weighted by atomic mass is 16.2. The van der Waals surface area contributed by atoms with Crippen LogP contribution in [-0.4, -0.2) is 61.0 Å². The van der Waals surface area contributed by atoms with E-state index in [-0.39, 0.29) is 11.8 Å². The fraction of sp³-hybridized carbons (Fsp3) is 0.240. The lowest BCUT2D eigenvalue weighted by atomic mass is 10.1. The van der Waals surface area contributed by atoms with Gasteiger partial charge in [-0.2, -0.15) is 0 Å². The molecule has 1 aromatic heterocycles. The highest BCUT2D eigenvalue weighted by Gasteiger charge is 2.09. The molecule has 2 aromatic carbocycles. The fourth-order valence-corrected chi connectivity index (χ4v) is 3.59. The number of ketones is 1. The van der Waals surface area contributed by atoms with Gasteiger partial charge in [0.05, 0.1) is 11.2 Å². The van der Waals surface area contributed by atoms with Crippen LogP contribution in [-0.2, 0) is 0 Å². The number of nitrogens with zero attached hydrogens (tertiary/aromatic N) is 2.